The van der Waals surface area contributed by atoms with Gasteiger partial charge < -0.3 is 24.4 Å². The van der Waals surface area contributed by atoms with Crippen LogP contribution in [0.2, 0.25) is 41.3 Å². The van der Waals surface area contributed by atoms with Crippen LogP contribution in [0.1, 0.15) is 110 Å². The summed E-state index contributed by atoms with van der Waals surface area (Å²) in [6.45, 7) is 29.2. The topological polar surface area (TPSA) is 75.7 Å². The van der Waals surface area contributed by atoms with Crippen LogP contribution in [0.4, 0.5) is 5.82 Å². The van der Waals surface area contributed by atoms with Crippen LogP contribution >= 0.6 is 11.6 Å². The summed E-state index contributed by atoms with van der Waals surface area (Å²) in [5.41, 5.74) is 0.814. The molecule has 0 radical (unpaired) electrons. The average molecular weight is 722 g/mol. The minimum atomic E-state index is -1.75. The fraction of sp³-hybridized carbons (Fsp3) is 0.842. The molecule has 5 rings (SSSR count). The molecular formula is C38H69ClN4O3Si2. The Hall–Kier alpha value is -0.976. The number of halogens is 1. The van der Waals surface area contributed by atoms with Crippen molar-refractivity contribution in [3.63, 3.8) is 0 Å². The molecule has 0 saturated heterocycles. The van der Waals surface area contributed by atoms with Crippen molar-refractivity contribution in [2.75, 3.05) is 51.3 Å². The van der Waals surface area contributed by atoms with E-state index in [2.05, 4.69) is 88.2 Å². The predicted octanol–water partition coefficient (Wildman–Crippen LogP) is 9.61. The molecule has 4 bridgehead atoms. The molecule has 0 aliphatic heterocycles. The highest BCUT2D eigenvalue weighted by atomic mass is 35.5. The van der Waals surface area contributed by atoms with Crippen LogP contribution in [-0.4, -0.2) is 78.4 Å². The molecule has 4 fully saturated rings. The van der Waals surface area contributed by atoms with E-state index < -0.39 is 16.6 Å². The molecule has 2 N–H and O–H groups in total. The summed E-state index contributed by atoms with van der Waals surface area (Å²) in [5, 5.41) is 7.59. The molecule has 1 heterocycles. The van der Waals surface area contributed by atoms with E-state index in [4.69, 9.17) is 20.5 Å². The molecule has 7 nitrogen and oxygen atoms in total. The number of amides is 1. The zero-order chi connectivity index (χ0) is 35.4. The van der Waals surface area contributed by atoms with Gasteiger partial charge in [-0.3, -0.25) is 4.79 Å². The van der Waals surface area contributed by atoms with E-state index in [1.165, 1.54) is 38.5 Å². The number of nitrogens with one attached hydrogen (secondary N) is 2. The van der Waals surface area contributed by atoms with E-state index in [-0.39, 0.29) is 16.0 Å². The highest BCUT2D eigenvalue weighted by molar-refractivity contribution is 6.74. The number of hydrogen-bond donors (Lipinski definition) is 2. The van der Waals surface area contributed by atoms with Gasteiger partial charge in [-0.1, -0.05) is 53.1 Å². The fourth-order valence-electron chi connectivity index (χ4n) is 8.12. The monoisotopic (exact) mass is 720 g/mol. The number of aromatic nitrogens is 1. The van der Waals surface area contributed by atoms with Gasteiger partial charge in [0.25, 0.3) is 5.91 Å². The normalized spacial score (nSPS) is 24.4. The SMILES string of the molecule is CC(C)(C)[Si](C)(C)OCCCN(CCCNc1nccc(C(=O)NCC23CC4CC(CC(C4)C2)C3)c1Cl)CCCO[Si](C)(C)C(C)(C)C. The first-order valence-corrected chi connectivity index (χ1v) is 25.2. The van der Waals surface area contributed by atoms with Crippen LogP contribution in [0, 0.1) is 23.2 Å². The molecule has 10 heteroatoms. The Morgan fingerprint density at radius 2 is 1.35 bits per heavy atom. The lowest BCUT2D eigenvalue weighted by Crippen LogP contribution is -2.51. The smallest absolute Gasteiger partial charge is 0.253 e. The van der Waals surface area contributed by atoms with Crippen molar-refractivity contribution in [3.05, 3.63) is 22.8 Å². The summed E-state index contributed by atoms with van der Waals surface area (Å²) in [6.07, 6.45) is 12.8. The zero-order valence-corrected chi connectivity index (χ0v) is 35.0. The lowest BCUT2D eigenvalue weighted by molar-refractivity contribution is -0.0503. The lowest BCUT2D eigenvalue weighted by atomic mass is 9.49. The molecule has 0 spiro atoms. The molecule has 1 aromatic rings. The maximum absolute atomic E-state index is 13.3. The number of carbonyl (C=O) groups excluding carboxylic acids is 1. The Kier molecular flexibility index (Phi) is 13.4. The predicted molar refractivity (Wildman–Crippen MR) is 207 cm³/mol. The van der Waals surface area contributed by atoms with Crippen molar-refractivity contribution in [1.29, 1.82) is 0 Å². The number of nitrogens with zero attached hydrogens (tertiary/aromatic N) is 2. The highest BCUT2D eigenvalue weighted by Gasteiger charge is 2.50. The van der Waals surface area contributed by atoms with Gasteiger partial charge in [-0.15, -0.1) is 0 Å². The van der Waals surface area contributed by atoms with Crippen LogP contribution in [0.25, 0.3) is 0 Å². The van der Waals surface area contributed by atoms with E-state index in [1.807, 2.05) is 0 Å². The second kappa shape index (κ2) is 16.1. The minimum Gasteiger partial charge on any atom is -0.417 e. The number of anilines is 1. The summed E-state index contributed by atoms with van der Waals surface area (Å²) in [5.74, 6) is 3.13. The minimum absolute atomic E-state index is 0.0767. The van der Waals surface area contributed by atoms with Crippen LogP contribution < -0.4 is 10.6 Å². The van der Waals surface area contributed by atoms with Gasteiger partial charge in [0.15, 0.2) is 16.6 Å². The Morgan fingerprint density at radius 3 is 1.83 bits per heavy atom. The molecular weight excluding hydrogens is 652 g/mol. The van der Waals surface area contributed by atoms with Crippen LogP contribution in [0.15, 0.2) is 12.3 Å². The summed E-state index contributed by atoms with van der Waals surface area (Å²) < 4.78 is 13.0. The second-order valence-electron chi connectivity index (χ2n) is 18.7. The van der Waals surface area contributed by atoms with E-state index in [0.29, 0.717) is 21.8 Å². The fourth-order valence-corrected chi connectivity index (χ4v) is 10.6. The first-order chi connectivity index (χ1) is 22.3. The largest absolute Gasteiger partial charge is 0.417 e. The van der Waals surface area contributed by atoms with E-state index in [1.54, 1.807) is 12.3 Å². The standard InChI is InChI=1S/C38H69ClN4O3Si2/c1-36(2,3)47(7,8)45-20-12-18-43(19-13-21-46-48(9,10)37(4,5)6)17-11-15-40-34-33(39)32(14-16-41-34)35(44)42-28-38-25-29-22-30(26-38)24-31(23-29)27-38/h14,16,29-31H,11-13,15,17-28H2,1-10H3,(H,40,41)(H,42,44). The van der Waals surface area contributed by atoms with Crippen molar-refractivity contribution < 1.29 is 13.6 Å². The van der Waals surface area contributed by atoms with E-state index in [0.717, 1.165) is 83.0 Å². The van der Waals surface area contributed by atoms with Crippen molar-refractivity contribution in [2.45, 2.75) is 136 Å². The molecule has 0 unspecified atom stereocenters. The summed E-state index contributed by atoms with van der Waals surface area (Å²) in [6, 6.07) is 1.75. The number of pyridine rings is 1. The molecule has 1 amide bonds. The van der Waals surface area contributed by atoms with Gasteiger partial charge in [-0.25, -0.2) is 4.98 Å². The van der Waals surface area contributed by atoms with E-state index >= 15 is 0 Å². The number of rotatable bonds is 18. The molecule has 1 aromatic heterocycles. The Bertz CT molecular complexity index is 1140. The van der Waals surface area contributed by atoms with Crippen LogP contribution in [0.3, 0.4) is 0 Å². The maximum Gasteiger partial charge on any atom is 0.253 e. The quantitative estimate of drug-likeness (QED) is 0.116. The molecule has 4 saturated carbocycles. The zero-order valence-electron chi connectivity index (χ0n) is 32.2. The third-order valence-electron chi connectivity index (χ3n) is 12.6. The number of carbonyl (C=O) groups is 1. The summed E-state index contributed by atoms with van der Waals surface area (Å²) in [4.78, 5) is 20.4. The van der Waals surface area contributed by atoms with Crippen molar-refractivity contribution >= 4 is 40.0 Å². The Labute approximate surface area is 300 Å². The molecule has 48 heavy (non-hydrogen) atoms. The Balaban J connectivity index is 1.25. The first-order valence-electron chi connectivity index (χ1n) is 19.0. The third kappa shape index (κ3) is 10.5. The molecule has 4 aliphatic carbocycles. The first kappa shape index (κ1) is 39.8. The molecule has 4 aliphatic rings. The van der Waals surface area contributed by atoms with Crippen molar-refractivity contribution in [2.24, 2.45) is 23.2 Å². The van der Waals surface area contributed by atoms with Crippen LogP contribution in [0.5, 0.6) is 0 Å². The summed E-state index contributed by atoms with van der Waals surface area (Å²) >= 11 is 6.79. The maximum atomic E-state index is 13.3. The molecule has 0 aromatic carbocycles. The molecule has 274 valence electrons. The van der Waals surface area contributed by atoms with Crippen LogP contribution in [-0.2, 0) is 8.85 Å². The van der Waals surface area contributed by atoms with E-state index in [9.17, 15) is 4.79 Å². The van der Waals surface area contributed by atoms with Gasteiger partial charge in [0, 0.05) is 45.6 Å². The van der Waals surface area contributed by atoms with Gasteiger partial charge >= 0.3 is 0 Å². The summed E-state index contributed by atoms with van der Waals surface area (Å²) in [7, 11) is -3.49. The average Bonchev–Trinajstić information content (AvgIpc) is 2.97. The molecule has 0 atom stereocenters. The lowest BCUT2D eigenvalue weighted by Gasteiger charge is -2.56. The van der Waals surface area contributed by atoms with Gasteiger partial charge in [-0.2, -0.15) is 0 Å². The van der Waals surface area contributed by atoms with Gasteiger partial charge in [0.2, 0.25) is 0 Å². The third-order valence-corrected chi connectivity index (χ3v) is 22.1. The Morgan fingerprint density at radius 1 is 0.875 bits per heavy atom. The second-order valence-corrected chi connectivity index (χ2v) is 28.7. The van der Waals surface area contributed by atoms with Crippen molar-refractivity contribution in [1.82, 2.24) is 15.2 Å². The van der Waals surface area contributed by atoms with Gasteiger partial charge in [-0.05, 0) is 130 Å². The number of hydrogen-bond acceptors (Lipinski definition) is 6. The van der Waals surface area contributed by atoms with Crippen molar-refractivity contribution in [3.8, 4) is 0 Å². The highest BCUT2D eigenvalue weighted by Crippen LogP contribution is 2.59. The van der Waals surface area contributed by atoms with Gasteiger partial charge in [0.1, 0.15) is 5.82 Å². The van der Waals surface area contributed by atoms with Gasteiger partial charge in [0.05, 0.1) is 10.6 Å².